The zero-order chi connectivity index (χ0) is 44.0. The van der Waals surface area contributed by atoms with Crippen LogP contribution >= 0.6 is 0 Å². The second-order valence-corrected chi connectivity index (χ2v) is 17.0. The summed E-state index contributed by atoms with van der Waals surface area (Å²) in [6.07, 6.45) is 5.78. The van der Waals surface area contributed by atoms with Crippen LogP contribution in [0, 0.1) is 6.33 Å². The van der Waals surface area contributed by atoms with Gasteiger partial charge in [-0.1, -0.05) is 133 Å². The molecule has 0 unspecified atom stereocenters. The van der Waals surface area contributed by atoms with Crippen molar-refractivity contribution in [3.8, 4) is 40.1 Å². The lowest BCUT2D eigenvalue weighted by Gasteiger charge is -2.14. The molecule has 0 fully saturated rings. The number of benzene rings is 9. The Bertz CT molecular complexity index is 4210. The molecule has 7 nitrogen and oxygen atoms in total. The summed E-state index contributed by atoms with van der Waals surface area (Å²) in [6.45, 7) is 0. The van der Waals surface area contributed by atoms with E-state index < -0.39 is 0 Å². The lowest BCUT2D eigenvalue weighted by molar-refractivity contribution is -0.572. The number of fused-ring (bicyclic) bond motifs is 10. The fraction of sp³-hybridized carbons (Fsp3) is 0. The molecule has 5 heterocycles. The Kier molecular flexibility index (Phi) is 8.15. The summed E-state index contributed by atoms with van der Waals surface area (Å²) in [5.41, 5.74) is 12.8. The number of ether oxygens (including phenoxy) is 1. The minimum absolute atomic E-state index is 0.719. The molecule has 14 rings (SSSR count). The molecule has 0 aliphatic rings. The van der Waals surface area contributed by atoms with Crippen LogP contribution in [0.5, 0.6) is 11.5 Å². The van der Waals surface area contributed by atoms with E-state index in [1.54, 1.807) is 0 Å². The molecule has 9 aromatic carbocycles. The van der Waals surface area contributed by atoms with E-state index in [1.807, 2.05) is 18.3 Å². The van der Waals surface area contributed by atoms with Crippen LogP contribution in [0.4, 0.5) is 0 Å². The highest BCUT2D eigenvalue weighted by atomic mass is 16.5. The van der Waals surface area contributed by atoms with E-state index >= 15 is 0 Å². The predicted octanol–water partition coefficient (Wildman–Crippen LogP) is 14.2. The van der Waals surface area contributed by atoms with E-state index in [0.717, 1.165) is 100 Å². The molecular weight excluding hydrogens is 821 g/mol. The smallest absolute Gasteiger partial charge is 0.269 e. The van der Waals surface area contributed by atoms with E-state index in [1.165, 1.54) is 16.2 Å². The van der Waals surface area contributed by atoms with E-state index in [0.29, 0.717) is 0 Å². The number of nitrogens with zero attached hydrogens (tertiary/aromatic N) is 6. The van der Waals surface area contributed by atoms with Gasteiger partial charge in [0.1, 0.15) is 17.3 Å². The molecule has 0 aliphatic heterocycles. The lowest BCUT2D eigenvalue weighted by Crippen LogP contribution is -2.31. The molecule has 67 heavy (non-hydrogen) atoms. The van der Waals surface area contributed by atoms with Gasteiger partial charge >= 0.3 is 0 Å². The van der Waals surface area contributed by atoms with Gasteiger partial charge in [0.25, 0.3) is 6.33 Å². The Morgan fingerprint density at radius 3 is 1.66 bits per heavy atom. The van der Waals surface area contributed by atoms with Crippen LogP contribution < -0.4 is 9.30 Å². The Morgan fingerprint density at radius 2 is 0.925 bits per heavy atom. The van der Waals surface area contributed by atoms with Crippen molar-refractivity contribution in [1.82, 2.24) is 23.3 Å². The molecule has 0 saturated heterocycles. The number of para-hydroxylation sites is 9. The van der Waals surface area contributed by atoms with Gasteiger partial charge in [-0.05, 0) is 84.9 Å². The first-order chi connectivity index (χ1) is 33.2. The summed E-state index contributed by atoms with van der Waals surface area (Å²) in [5, 5.41) is 7.06. The maximum Gasteiger partial charge on any atom is 0.269 e. The topological polar surface area (TPSA) is 45.7 Å². The van der Waals surface area contributed by atoms with Crippen LogP contribution in [0.3, 0.4) is 0 Å². The quantitative estimate of drug-likeness (QED) is 0.118. The average Bonchev–Trinajstić information content (AvgIpc) is 4.13. The van der Waals surface area contributed by atoms with Crippen molar-refractivity contribution in [2.45, 2.75) is 0 Å². The van der Waals surface area contributed by atoms with Crippen molar-refractivity contribution in [3.63, 3.8) is 0 Å². The zero-order valence-corrected chi connectivity index (χ0v) is 36.0. The van der Waals surface area contributed by atoms with Gasteiger partial charge in [-0.2, -0.15) is 0 Å². The Balaban J connectivity index is 0.869. The van der Waals surface area contributed by atoms with Crippen LogP contribution in [0.2, 0.25) is 0 Å². The van der Waals surface area contributed by atoms with Gasteiger partial charge in [-0.15, -0.1) is 0 Å². The third-order valence-electron chi connectivity index (χ3n) is 13.3. The third-order valence-corrected chi connectivity index (χ3v) is 13.3. The van der Waals surface area contributed by atoms with E-state index in [9.17, 15) is 0 Å². The van der Waals surface area contributed by atoms with Crippen LogP contribution in [-0.2, 0) is 0 Å². The van der Waals surface area contributed by atoms with Gasteiger partial charge in [0, 0.05) is 44.1 Å². The third kappa shape index (κ3) is 5.71. The number of hydrogen-bond donors (Lipinski definition) is 0. The van der Waals surface area contributed by atoms with E-state index in [-0.39, 0.29) is 0 Å². The Morgan fingerprint density at radius 1 is 0.373 bits per heavy atom. The number of rotatable bonds is 7. The molecular formula is C60H38N6O. The highest BCUT2D eigenvalue weighted by Crippen LogP contribution is 2.39. The van der Waals surface area contributed by atoms with Gasteiger partial charge in [0.15, 0.2) is 0 Å². The summed E-state index contributed by atoms with van der Waals surface area (Å²) in [5.74, 6) is 2.29. The maximum absolute atomic E-state index is 6.79. The van der Waals surface area contributed by atoms with Crippen molar-refractivity contribution in [1.29, 1.82) is 0 Å². The summed E-state index contributed by atoms with van der Waals surface area (Å²) < 4.78 is 18.0. The second-order valence-electron chi connectivity index (χ2n) is 17.0. The first-order valence-electron chi connectivity index (χ1n) is 22.5. The average molecular weight is 859 g/mol. The maximum atomic E-state index is 6.79. The molecule has 0 saturated carbocycles. The van der Waals surface area contributed by atoms with Gasteiger partial charge in [-0.3, -0.25) is 13.7 Å². The Labute approximate surface area is 384 Å². The summed E-state index contributed by atoms with van der Waals surface area (Å²) >= 11 is 0. The van der Waals surface area contributed by atoms with Crippen molar-refractivity contribution in [2.24, 2.45) is 0 Å². The molecule has 5 aromatic heterocycles. The predicted molar refractivity (Wildman–Crippen MR) is 271 cm³/mol. The Hall–Kier alpha value is -9.20. The molecule has 0 amide bonds. The molecule has 0 radical (unpaired) electrons. The van der Waals surface area contributed by atoms with Crippen LogP contribution in [0.15, 0.2) is 231 Å². The number of imidazole rings is 1. The van der Waals surface area contributed by atoms with E-state index in [2.05, 4.69) is 241 Å². The van der Waals surface area contributed by atoms with Crippen molar-refractivity contribution in [2.75, 3.05) is 0 Å². The highest BCUT2D eigenvalue weighted by Gasteiger charge is 2.21. The van der Waals surface area contributed by atoms with Gasteiger partial charge < -0.3 is 13.9 Å². The fourth-order valence-electron chi connectivity index (χ4n) is 10.4. The van der Waals surface area contributed by atoms with Gasteiger partial charge in [0.2, 0.25) is 0 Å². The number of aromatic nitrogens is 6. The lowest BCUT2D eigenvalue weighted by atomic mass is 10.1. The molecule has 0 aliphatic carbocycles. The van der Waals surface area contributed by atoms with Crippen LogP contribution in [0.25, 0.3) is 105 Å². The number of hydrogen-bond acceptors (Lipinski definition) is 2. The largest absolute Gasteiger partial charge is 0.458 e. The molecule has 0 atom stereocenters. The SMILES string of the molecule is [c-]1n(-c2cccc(Oc3ccc4c5ccccc5n(-c5cc6c7ccccc7n(-c7ccccc7)c6cn5)c4c3)c2)c2ccccc2[n+]1-c1ccccc1-n1c2ccccc2c2ccccc21. The van der Waals surface area contributed by atoms with Crippen LogP contribution in [-0.4, -0.2) is 23.3 Å². The summed E-state index contributed by atoms with van der Waals surface area (Å²) in [4.78, 5) is 5.18. The second kappa shape index (κ2) is 14.7. The highest BCUT2D eigenvalue weighted by molar-refractivity contribution is 6.12. The monoisotopic (exact) mass is 858 g/mol. The molecule has 0 bridgehead atoms. The normalized spacial score (nSPS) is 11.9. The summed E-state index contributed by atoms with van der Waals surface area (Å²) in [7, 11) is 0. The van der Waals surface area contributed by atoms with Crippen LogP contribution in [0.1, 0.15) is 0 Å². The van der Waals surface area contributed by atoms with Crippen molar-refractivity contribution < 1.29 is 9.30 Å². The van der Waals surface area contributed by atoms with E-state index in [4.69, 9.17) is 9.72 Å². The standard InChI is InChI=1S/C60H38N6O/c1-2-17-40(18-3-1)64-50-25-8-7-24-47(50)49-37-60(61-38-59(49)64)66-53-28-11-6-23-46(53)48-34-33-43(36-58(48)66)67-42-20-16-19-41(35-42)62-39-63(55-30-13-12-29-54(55)62)56-31-14-15-32-57(56)65-51-26-9-4-21-44(51)45-22-5-10-27-52(45)65/h1-38H. The van der Waals surface area contributed by atoms with Gasteiger partial charge in [-0.25, -0.2) is 4.98 Å². The minimum Gasteiger partial charge on any atom is -0.458 e. The zero-order valence-electron chi connectivity index (χ0n) is 36.0. The van der Waals surface area contributed by atoms with Crippen molar-refractivity contribution >= 4 is 76.5 Å². The fourth-order valence-corrected chi connectivity index (χ4v) is 10.4. The minimum atomic E-state index is 0.719. The van der Waals surface area contributed by atoms with Crippen molar-refractivity contribution in [3.05, 3.63) is 237 Å². The molecule has 14 aromatic rings. The molecule has 0 spiro atoms. The van der Waals surface area contributed by atoms with Gasteiger partial charge in [0.05, 0.1) is 67.4 Å². The molecule has 314 valence electrons. The molecule has 7 heteroatoms. The molecule has 0 N–H and O–H groups in total. The number of pyridine rings is 1. The first-order valence-corrected chi connectivity index (χ1v) is 22.5. The first kappa shape index (κ1) is 37.2. The summed E-state index contributed by atoms with van der Waals surface area (Å²) in [6, 6.07) is 78.8.